The lowest BCUT2D eigenvalue weighted by Gasteiger charge is -2.13. The monoisotopic (exact) mass is 370 g/mol. The van der Waals surface area contributed by atoms with Gasteiger partial charge in [0.05, 0.1) is 16.8 Å². The second kappa shape index (κ2) is 8.40. The summed E-state index contributed by atoms with van der Waals surface area (Å²) in [5.41, 5.74) is 6.73. The molecule has 3 rings (SSSR count). The number of pyridine rings is 1. The summed E-state index contributed by atoms with van der Waals surface area (Å²) < 4.78 is 28.1. The lowest BCUT2D eigenvalue weighted by molar-refractivity contribution is 0.103. The molecule has 0 spiro atoms. The maximum absolute atomic E-state index is 13.9. The summed E-state index contributed by atoms with van der Waals surface area (Å²) in [6.07, 6.45) is 0. The van der Waals surface area contributed by atoms with Crippen LogP contribution in [0.4, 0.5) is 14.6 Å². The predicted molar refractivity (Wildman–Crippen MR) is 102 cm³/mol. The first kappa shape index (κ1) is 20.0. The van der Waals surface area contributed by atoms with Crippen LogP contribution in [0.2, 0.25) is 0 Å². The minimum absolute atomic E-state index is 0.0364. The van der Waals surface area contributed by atoms with E-state index >= 15 is 0 Å². The maximum Gasteiger partial charge on any atom is 0.256 e. The number of benzene rings is 2. The number of nitrogens with two attached hydrogens (primary N) is 1. The molecule has 2 aromatic carbocycles. The average Bonchev–Trinajstić information content (AvgIpc) is 2.64. The van der Waals surface area contributed by atoms with E-state index in [0.717, 1.165) is 17.7 Å². The van der Waals surface area contributed by atoms with Gasteiger partial charge in [0.1, 0.15) is 17.5 Å². The van der Waals surface area contributed by atoms with Crippen molar-refractivity contribution in [3.63, 3.8) is 0 Å². The standard InChI is InChI=1S/C19H14F2N2O2.C2H6/c1-11-2-5-13(6-3-11)23-17(24)9-8-15(19(23)22)18(25)14-7-4-12(20)10-16(14)21;1-2/h2-10H,22H2,1H3;1-2H3. The van der Waals surface area contributed by atoms with Crippen molar-refractivity contribution in [3.05, 3.63) is 93.3 Å². The number of halogens is 2. The average molecular weight is 370 g/mol. The summed E-state index contributed by atoms with van der Waals surface area (Å²) in [4.78, 5) is 24.8. The fourth-order valence-corrected chi connectivity index (χ4v) is 2.52. The second-order valence-corrected chi connectivity index (χ2v) is 5.59. The van der Waals surface area contributed by atoms with Gasteiger partial charge in [-0.25, -0.2) is 8.78 Å². The van der Waals surface area contributed by atoms with Crippen LogP contribution in [0.25, 0.3) is 5.69 Å². The molecule has 2 N–H and O–H groups in total. The molecular formula is C21H20F2N2O2. The minimum Gasteiger partial charge on any atom is -0.384 e. The van der Waals surface area contributed by atoms with Crippen molar-refractivity contribution in [2.75, 3.05) is 5.73 Å². The molecule has 0 aliphatic heterocycles. The third kappa shape index (κ3) is 4.11. The summed E-state index contributed by atoms with van der Waals surface area (Å²) in [6.45, 7) is 5.90. The zero-order valence-electron chi connectivity index (χ0n) is 15.3. The lowest BCUT2D eigenvalue weighted by Crippen LogP contribution is -2.23. The first-order valence-corrected chi connectivity index (χ1v) is 8.47. The number of rotatable bonds is 3. The molecule has 6 heteroatoms. The van der Waals surface area contributed by atoms with Crippen LogP contribution in [0.15, 0.2) is 59.4 Å². The topological polar surface area (TPSA) is 65.1 Å². The summed E-state index contributed by atoms with van der Waals surface area (Å²) in [5.74, 6) is -2.61. The van der Waals surface area contributed by atoms with Gasteiger partial charge in [-0.2, -0.15) is 0 Å². The Bertz CT molecular complexity index is 1030. The van der Waals surface area contributed by atoms with Crippen molar-refractivity contribution in [2.24, 2.45) is 0 Å². The number of nitrogens with zero attached hydrogens (tertiary/aromatic N) is 1. The van der Waals surface area contributed by atoms with Crippen molar-refractivity contribution in [1.29, 1.82) is 0 Å². The molecule has 140 valence electrons. The number of carbonyl (C=O) groups is 1. The van der Waals surface area contributed by atoms with Crippen LogP contribution < -0.4 is 11.3 Å². The van der Waals surface area contributed by atoms with Gasteiger partial charge in [0.25, 0.3) is 5.56 Å². The Morgan fingerprint density at radius 2 is 1.52 bits per heavy atom. The number of aromatic nitrogens is 1. The molecule has 0 aliphatic rings. The second-order valence-electron chi connectivity index (χ2n) is 5.59. The lowest BCUT2D eigenvalue weighted by atomic mass is 10.0. The molecule has 0 fully saturated rings. The Labute approximate surface area is 155 Å². The van der Waals surface area contributed by atoms with E-state index in [0.29, 0.717) is 11.8 Å². The van der Waals surface area contributed by atoms with E-state index in [1.165, 1.54) is 16.7 Å². The van der Waals surface area contributed by atoms with E-state index < -0.39 is 23.0 Å². The summed E-state index contributed by atoms with van der Waals surface area (Å²) in [7, 11) is 0. The largest absolute Gasteiger partial charge is 0.384 e. The van der Waals surface area contributed by atoms with Crippen LogP contribution in [0, 0.1) is 18.6 Å². The Morgan fingerprint density at radius 3 is 2.11 bits per heavy atom. The molecule has 0 atom stereocenters. The summed E-state index contributed by atoms with van der Waals surface area (Å²) >= 11 is 0. The zero-order chi connectivity index (χ0) is 20.1. The molecule has 1 heterocycles. The molecule has 0 bridgehead atoms. The highest BCUT2D eigenvalue weighted by atomic mass is 19.1. The molecular weight excluding hydrogens is 350 g/mol. The summed E-state index contributed by atoms with van der Waals surface area (Å²) in [5, 5.41) is 0. The van der Waals surface area contributed by atoms with E-state index in [9.17, 15) is 18.4 Å². The fraction of sp³-hybridized carbons (Fsp3) is 0.143. The predicted octanol–water partition coefficient (Wildman–Crippen LogP) is 4.26. The Kier molecular flexibility index (Phi) is 6.23. The van der Waals surface area contributed by atoms with Crippen LogP contribution in [0.3, 0.4) is 0 Å². The molecule has 0 saturated heterocycles. The van der Waals surface area contributed by atoms with E-state index in [4.69, 9.17) is 5.73 Å². The number of hydrogen-bond acceptors (Lipinski definition) is 3. The molecule has 3 aromatic rings. The van der Waals surface area contributed by atoms with Gasteiger partial charge in [0.15, 0.2) is 5.78 Å². The highest BCUT2D eigenvalue weighted by Gasteiger charge is 2.20. The Hall–Kier alpha value is -3.28. The van der Waals surface area contributed by atoms with Crippen molar-refractivity contribution < 1.29 is 13.6 Å². The van der Waals surface area contributed by atoms with Crippen LogP contribution in [0.1, 0.15) is 35.3 Å². The first-order chi connectivity index (χ1) is 12.9. The van der Waals surface area contributed by atoms with Crippen molar-refractivity contribution >= 4 is 11.6 Å². The van der Waals surface area contributed by atoms with Crippen LogP contribution >= 0.6 is 0 Å². The van der Waals surface area contributed by atoms with Crippen molar-refractivity contribution in [2.45, 2.75) is 20.8 Å². The smallest absolute Gasteiger partial charge is 0.256 e. The van der Waals surface area contributed by atoms with E-state index in [-0.39, 0.29) is 16.9 Å². The quantitative estimate of drug-likeness (QED) is 0.701. The zero-order valence-corrected chi connectivity index (χ0v) is 15.3. The van der Waals surface area contributed by atoms with Crippen molar-refractivity contribution in [1.82, 2.24) is 4.57 Å². The molecule has 27 heavy (non-hydrogen) atoms. The van der Waals surface area contributed by atoms with Crippen molar-refractivity contribution in [3.8, 4) is 5.69 Å². The van der Waals surface area contributed by atoms with Gasteiger partial charge in [-0.15, -0.1) is 0 Å². The van der Waals surface area contributed by atoms with Gasteiger partial charge < -0.3 is 5.73 Å². The highest BCUT2D eigenvalue weighted by molar-refractivity contribution is 6.11. The SMILES string of the molecule is CC.Cc1ccc(-n2c(N)c(C(=O)c3ccc(F)cc3F)ccc2=O)cc1. The van der Waals surface area contributed by atoms with Gasteiger partial charge in [-0.3, -0.25) is 14.2 Å². The minimum atomic E-state index is -0.988. The van der Waals surface area contributed by atoms with Gasteiger partial charge in [0, 0.05) is 12.1 Å². The molecule has 0 saturated carbocycles. The maximum atomic E-state index is 13.9. The van der Waals surface area contributed by atoms with Crippen LogP contribution in [0.5, 0.6) is 0 Å². The number of nitrogen functional groups attached to an aromatic ring is 1. The van der Waals surface area contributed by atoms with Crippen LogP contribution in [-0.2, 0) is 0 Å². The Morgan fingerprint density at radius 1 is 0.926 bits per heavy atom. The number of hydrogen-bond donors (Lipinski definition) is 1. The molecule has 4 nitrogen and oxygen atoms in total. The van der Waals surface area contributed by atoms with Crippen LogP contribution in [-0.4, -0.2) is 10.4 Å². The van der Waals surface area contributed by atoms with Gasteiger partial charge >= 0.3 is 0 Å². The number of carbonyl (C=O) groups excluding carboxylic acids is 1. The van der Waals surface area contributed by atoms with Gasteiger partial charge in [-0.1, -0.05) is 31.5 Å². The van der Waals surface area contributed by atoms with Gasteiger partial charge in [0.2, 0.25) is 0 Å². The normalized spacial score (nSPS) is 10.1. The number of anilines is 1. The fourth-order valence-electron chi connectivity index (χ4n) is 2.52. The van der Waals surface area contributed by atoms with E-state index in [1.807, 2.05) is 20.8 Å². The third-order valence-electron chi connectivity index (χ3n) is 3.84. The first-order valence-electron chi connectivity index (χ1n) is 8.47. The molecule has 0 amide bonds. The summed E-state index contributed by atoms with van der Waals surface area (Å²) in [6, 6.07) is 12.1. The Balaban J connectivity index is 0.00000126. The molecule has 0 unspecified atom stereocenters. The number of ketones is 1. The van der Waals surface area contributed by atoms with E-state index in [2.05, 4.69) is 0 Å². The molecule has 0 aliphatic carbocycles. The van der Waals surface area contributed by atoms with Gasteiger partial charge in [-0.05, 0) is 37.3 Å². The van der Waals surface area contributed by atoms with E-state index in [1.54, 1.807) is 24.3 Å². The highest BCUT2D eigenvalue weighted by Crippen LogP contribution is 2.21. The molecule has 1 aromatic heterocycles. The number of aryl methyl sites for hydroxylation is 1. The third-order valence-corrected chi connectivity index (χ3v) is 3.84. The molecule has 0 radical (unpaired) electrons.